The average Bonchev–Trinajstić information content (AvgIpc) is 2.43. The SMILES string of the molecule is CC[C@H](C)/C(C)=N\Nc1ccc([N+](=O)[O-])cc1[N+](=O)[O-]. The number of non-ortho nitro benzene ring substituents is 1. The maximum atomic E-state index is 10.9. The van der Waals surface area contributed by atoms with E-state index in [0.717, 1.165) is 18.2 Å². The molecule has 0 aliphatic heterocycles. The van der Waals surface area contributed by atoms with Crippen molar-refractivity contribution in [3.8, 4) is 0 Å². The molecule has 0 saturated carbocycles. The summed E-state index contributed by atoms with van der Waals surface area (Å²) in [6.45, 7) is 5.82. The third-order valence-electron chi connectivity index (χ3n) is 3.07. The van der Waals surface area contributed by atoms with Crippen molar-refractivity contribution in [1.29, 1.82) is 0 Å². The van der Waals surface area contributed by atoms with Crippen molar-refractivity contribution >= 4 is 22.8 Å². The molecule has 1 N–H and O–H groups in total. The molecule has 1 aromatic rings. The lowest BCUT2D eigenvalue weighted by Crippen LogP contribution is -2.08. The lowest BCUT2D eigenvalue weighted by atomic mass is 10.1. The molecule has 0 fully saturated rings. The number of rotatable bonds is 6. The van der Waals surface area contributed by atoms with E-state index >= 15 is 0 Å². The lowest BCUT2D eigenvalue weighted by Gasteiger charge is -2.08. The molecule has 108 valence electrons. The monoisotopic (exact) mass is 280 g/mol. The molecule has 0 saturated heterocycles. The fraction of sp³-hybridized carbons (Fsp3) is 0.417. The Morgan fingerprint density at radius 1 is 1.35 bits per heavy atom. The summed E-state index contributed by atoms with van der Waals surface area (Å²) in [5.74, 6) is 0.250. The average molecular weight is 280 g/mol. The Balaban J connectivity index is 3.07. The third kappa shape index (κ3) is 3.74. The molecule has 8 nitrogen and oxygen atoms in total. The van der Waals surface area contributed by atoms with Gasteiger partial charge in [0.15, 0.2) is 0 Å². The molecule has 0 heterocycles. The maximum absolute atomic E-state index is 10.9. The van der Waals surface area contributed by atoms with Crippen LogP contribution in [0, 0.1) is 26.1 Å². The first kappa shape index (κ1) is 15.5. The summed E-state index contributed by atoms with van der Waals surface area (Å²) in [5, 5.41) is 25.6. The Morgan fingerprint density at radius 3 is 2.50 bits per heavy atom. The Morgan fingerprint density at radius 2 is 2.00 bits per heavy atom. The van der Waals surface area contributed by atoms with Crippen molar-refractivity contribution in [2.45, 2.75) is 27.2 Å². The molecule has 20 heavy (non-hydrogen) atoms. The second-order valence-electron chi connectivity index (χ2n) is 4.39. The topological polar surface area (TPSA) is 111 Å². The van der Waals surface area contributed by atoms with E-state index < -0.39 is 9.85 Å². The Labute approximate surface area is 115 Å². The van der Waals surface area contributed by atoms with E-state index in [-0.39, 0.29) is 23.0 Å². The van der Waals surface area contributed by atoms with Gasteiger partial charge in [0.1, 0.15) is 5.69 Å². The largest absolute Gasteiger partial charge is 0.301 e. The van der Waals surface area contributed by atoms with Crippen LogP contribution in [0.5, 0.6) is 0 Å². The molecule has 0 aliphatic rings. The van der Waals surface area contributed by atoms with Crippen LogP contribution < -0.4 is 5.43 Å². The van der Waals surface area contributed by atoms with Crippen molar-refractivity contribution in [2.24, 2.45) is 11.0 Å². The first-order chi connectivity index (χ1) is 9.36. The number of anilines is 1. The molecule has 0 radical (unpaired) electrons. The van der Waals surface area contributed by atoms with Gasteiger partial charge in [-0.3, -0.25) is 25.7 Å². The van der Waals surface area contributed by atoms with Gasteiger partial charge in [-0.15, -0.1) is 0 Å². The van der Waals surface area contributed by atoms with Gasteiger partial charge in [0.25, 0.3) is 5.69 Å². The molecule has 0 spiro atoms. The molecular weight excluding hydrogens is 264 g/mol. The fourth-order valence-corrected chi connectivity index (χ4v) is 1.43. The lowest BCUT2D eigenvalue weighted by molar-refractivity contribution is -0.393. The first-order valence-corrected chi connectivity index (χ1v) is 6.09. The number of hydrogen-bond donors (Lipinski definition) is 1. The molecule has 1 aromatic carbocycles. The van der Waals surface area contributed by atoms with Gasteiger partial charge in [0, 0.05) is 11.8 Å². The second kappa shape index (κ2) is 6.60. The smallest absolute Gasteiger partial charge is 0.272 e. The highest BCUT2D eigenvalue weighted by Gasteiger charge is 2.19. The van der Waals surface area contributed by atoms with Crippen LogP contribution in [0.3, 0.4) is 0 Å². The second-order valence-corrected chi connectivity index (χ2v) is 4.39. The Hall–Kier alpha value is -2.51. The third-order valence-corrected chi connectivity index (χ3v) is 3.07. The zero-order valence-electron chi connectivity index (χ0n) is 11.5. The van der Waals surface area contributed by atoms with Gasteiger partial charge >= 0.3 is 5.69 Å². The summed E-state index contributed by atoms with van der Waals surface area (Å²) < 4.78 is 0. The minimum absolute atomic E-state index is 0.128. The van der Waals surface area contributed by atoms with Crippen LogP contribution in [0.15, 0.2) is 23.3 Å². The van der Waals surface area contributed by atoms with Crippen LogP contribution in [-0.2, 0) is 0 Å². The highest BCUT2D eigenvalue weighted by Crippen LogP contribution is 2.29. The van der Waals surface area contributed by atoms with Gasteiger partial charge < -0.3 is 0 Å². The van der Waals surface area contributed by atoms with Gasteiger partial charge in [-0.1, -0.05) is 13.8 Å². The fourth-order valence-electron chi connectivity index (χ4n) is 1.43. The van der Waals surface area contributed by atoms with E-state index in [1.807, 2.05) is 20.8 Å². The molecular formula is C12H16N4O4. The van der Waals surface area contributed by atoms with Crippen LogP contribution in [0.2, 0.25) is 0 Å². The van der Waals surface area contributed by atoms with Crippen molar-refractivity contribution in [1.82, 2.24) is 0 Å². The number of nitrogens with zero attached hydrogens (tertiary/aromatic N) is 3. The summed E-state index contributed by atoms with van der Waals surface area (Å²) in [5.41, 5.74) is 2.83. The number of hydrazone groups is 1. The number of benzene rings is 1. The van der Waals surface area contributed by atoms with Gasteiger partial charge in [-0.25, -0.2) is 0 Å². The molecule has 0 amide bonds. The van der Waals surface area contributed by atoms with Crippen LogP contribution >= 0.6 is 0 Å². The summed E-state index contributed by atoms with van der Waals surface area (Å²) >= 11 is 0. The Bertz CT molecular complexity index is 556. The highest BCUT2D eigenvalue weighted by molar-refractivity contribution is 5.85. The summed E-state index contributed by atoms with van der Waals surface area (Å²) in [7, 11) is 0. The molecule has 8 heteroatoms. The highest BCUT2D eigenvalue weighted by atomic mass is 16.6. The van der Waals surface area contributed by atoms with Gasteiger partial charge in [-0.05, 0) is 25.3 Å². The van der Waals surface area contributed by atoms with E-state index in [9.17, 15) is 20.2 Å². The van der Waals surface area contributed by atoms with Crippen LogP contribution in [0.1, 0.15) is 27.2 Å². The number of hydrogen-bond acceptors (Lipinski definition) is 6. The summed E-state index contributed by atoms with van der Waals surface area (Å²) in [6.07, 6.45) is 0.902. The maximum Gasteiger partial charge on any atom is 0.301 e. The normalized spacial score (nSPS) is 12.8. The van der Waals surface area contributed by atoms with Crippen molar-refractivity contribution in [3.63, 3.8) is 0 Å². The van der Waals surface area contributed by atoms with E-state index in [1.165, 1.54) is 12.1 Å². The van der Waals surface area contributed by atoms with Gasteiger partial charge in [0.2, 0.25) is 0 Å². The molecule has 1 atom stereocenters. The van der Waals surface area contributed by atoms with Gasteiger partial charge in [0.05, 0.1) is 15.9 Å². The van der Waals surface area contributed by atoms with E-state index in [4.69, 9.17) is 0 Å². The molecule has 0 aliphatic carbocycles. The quantitative estimate of drug-likeness (QED) is 0.488. The number of nitro groups is 2. The minimum atomic E-state index is -0.677. The zero-order valence-corrected chi connectivity index (χ0v) is 11.5. The molecule has 0 bridgehead atoms. The first-order valence-electron chi connectivity index (χ1n) is 6.09. The Kier molecular flexibility index (Phi) is 5.13. The summed E-state index contributed by atoms with van der Waals surface area (Å²) in [4.78, 5) is 20.2. The van der Waals surface area contributed by atoms with Crippen LogP contribution in [0.4, 0.5) is 17.1 Å². The predicted molar refractivity (Wildman–Crippen MR) is 75.9 cm³/mol. The van der Waals surface area contributed by atoms with Gasteiger partial charge in [-0.2, -0.15) is 5.10 Å². The van der Waals surface area contributed by atoms with Crippen LogP contribution in [0.25, 0.3) is 0 Å². The number of nitro benzene ring substituents is 2. The molecule has 1 rings (SSSR count). The zero-order chi connectivity index (χ0) is 15.3. The molecule has 0 unspecified atom stereocenters. The van der Waals surface area contributed by atoms with Crippen LogP contribution in [-0.4, -0.2) is 15.6 Å². The number of nitrogens with one attached hydrogen (secondary N) is 1. The van der Waals surface area contributed by atoms with E-state index in [2.05, 4.69) is 10.5 Å². The standard InChI is InChI=1S/C12H16N4O4/c1-4-8(2)9(3)13-14-11-6-5-10(15(17)18)7-12(11)16(19)20/h5-8,14H,4H2,1-3H3/b13-9-/t8-/m0/s1. The van der Waals surface area contributed by atoms with E-state index in [1.54, 1.807) is 0 Å². The van der Waals surface area contributed by atoms with Crippen molar-refractivity contribution in [2.75, 3.05) is 5.43 Å². The van der Waals surface area contributed by atoms with E-state index in [0.29, 0.717) is 0 Å². The molecule has 0 aromatic heterocycles. The predicted octanol–water partition coefficient (Wildman–Crippen LogP) is 3.34. The summed E-state index contributed by atoms with van der Waals surface area (Å²) in [6, 6.07) is 3.39. The minimum Gasteiger partial charge on any atom is -0.272 e. The van der Waals surface area contributed by atoms with Crippen molar-refractivity contribution < 1.29 is 9.85 Å². The van der Waals surface area contributed by atoms with Crippen molar-refractivity contribution in [3.05, 3.63) is 38.4 Å².